The van der Waals surface area contributed by atoms with Crippen LogP contribution in [0.3, 0.4) is 0 Å². The fourth-order valence-electron chi connectivity index (χ4n) is 1.37. The first-order chi connectivity index (χ1) is 5.83. The van der Waals surface area contributed by atoms with Gasteiger partial charge in [0.2, 0.25) is 5.91 Å². The molecule has 1 aliphatic rings. The monoisotopic (exact) mass is 171 g/mol. The third-order valence-corrected chi connectivity index (χ3v) is 2.00. The first-order valence-corrected chi connectivity index (χ1v) is 4.71. The van der Waals surface area contributed by atoms with Crippen molar-refractivity contribution < 1.29 is 9.53 Å². The molecular weight excluding hydrogens is 154 g/mol. The number of nitrogens with one attached hydrogen (secondary N) is 1. The van der Waals surface area contributed by atoms with Gasteiger partial charge in [0.05, 0.1) is 12.5 Å². The van der Waals surface area contributed by atoms with Crippen LogP contribution in [0, 0.1) is 0 Å². The van der Waals surface area contributed by atoms with Crippen LogP contribution in [0.4, 0.5) is 0 Å². The predicted molar refractivity (Wildman–Crippen MR) is 46.9 cm³/mol. The SMILES string of the molecule is CCCOC1CCCNC(=O)C1. The maximum atomic E-state index is 11.1. The Hall–Kier alpha value is -0.570. The Morgan fingerprint density at radius 3 is 3.25 bits per heavy atom. The van der Waals surface area contributed by atoms with E-state index >= 15 is 0 Å². The normalized spacial score (nSPS) is 24.8. The lowest BCUT2D eigenvalue weighted by atomic mass is 10.1. The summed E-state index contributed by atoms with van der Waals surface area (Å²) in [4.78, 5) is 11.1. The Balaban J connectivity index is 2.26. The molecule has 3 heteroatoms. The second-order valence-electron chi connectivity index (χ2n) is 3.19. The van der Waals surface area contributed by atoms with Gasteiger partial charge in [-0.15, -0.1) is 0 Å². The summed E-state index contributed by atoms with van der Waals surface area (Å²) in [5.41, 5.74) is 0. The Morgan fingerprint density at radius 1 is 1.67 bits per heavy atom. The maximum Gasteiger partial charge on any atom is 0.222 e. The molecule has 0 bridgehead atoms. The number of amides is 1. The zero-order valence-corrected chi connectivity index (χ0v) is 7.64. The molecule has 1 heterocycles. The summed E-state index contributed by atoms with van der Waals surface area (Å²) >= 11 is 0. The highest BCUT2D eigenvalue weighted by Crippen LogP contribution is 2.10. The van der Waals surface area contributed by atoms with Gasteiger partial charge >= 0.3 is 0 Å². The van der Waals surface area contributed by atoms with E-state index < -0.39 is 0 Å². The molecule has 0 aliphatic carbocycles. The van der Waals surface area contributed by atoms with Crippen LogP contribution >= 0.6 is 0 Å². The lowest BCUT2D eigenvalue weighted by Crippen LogP contribution is -2.24. The quantitative estimate of drug-likeness (QED) is 0.690. The lowest BCUT2D eigenvalue weighted by molar-refractivity contribution is -0.123. The van der Waals surface area contributed by atoms with Gasteiger partial charge in [0.15, 0.2) is 0 Å². The fourth-order valence-corrected chi connectivity index (χ4v) is 1.37. The highest BCUT2D eigenvalue weighted by molar-refractivity contribution is 5.76. The van der Waals surface area contributed by atoms with Crippen LogP contribution in [-0.4, -0.2) is 25.2 Å². The van der Waals surface area contributed by atoms with E-state index in [-0.39, 0.29) is 12.0 Å². The van der Waals surface area contributed by atoms with Gasteiger partial charge in [0.1, 0.15) is 0 Å². The zero-order valence-electron chi connectivity index (χ0n) is 7.64. The molecule has 1 N–H and O–H groups in total. The van der Waals surface area contributed by atoms with E-state index in [2.05, 4.69) is 12.2 Å². The molecule has 1 aliphatic heterocycles. The van der Waals surface area contributed by atoms with Crippen molar-refractivity contribution in [1.82, 2.24) is 5.32 Å². The number of ether oxygens (including phenoxy) is 1. The van der Waals surface area contributed by atoms with Crippen molar-refractivity contribution in [3.05, 3.63) is 0 Å². The van der Waals surface area contributed by atoms with E-state index in [1.807, 2.05) is 0 Å². The molecule has 1 amide bonds. The number of hydrogen-bond donors (Lipinski definition) is 1. The van der Waals surface area contributed by atoms with Gasteiger partial charge < -0.3 is 10.1 Å². The number of rotatable bonds is 3. The summed E-state index contributed by atoms with van der Waals surface area (Å²) in [6, 6.07) is 0. The van der Waals surface area contributed by atoms with Gasteiger partial charge in [0.25, 0.3) is 0 Å². The molecule has 0 radical (unpaired) electrons. The summed E-state index contributed by atoms with van der Waals surface area (Å²) in [7, 11) is 0. The summed E-state index contributed by atoms with van der Waals surface area (Å²) in [5.74, 6) is 0.133. The summed E-state index contributed by atoms with van der Waals surface area (Å²) in [5, 5.41) is 2.83. The molecule has 0 aromatic carbocycles. The predicted octanol–water partition coefficient (Wildman–Crippen LogP) is 1.08. The minimum Gasteiger partial charge on any atom is -0.378 e. The molecule has 1 fully saturated rings. The molecule has 0 saturated carbocycles. The van der Waals surface area contributed by atoms with E-state index in [4.69, 9.17) is 4.74 Å². The van der Waals surface area contributed by atoms with Gasteiger partial charge in [-0.2, -0.15) is 0 Å². The molecule has 0 aromatic rings. The van der Waals surface area contributed by atoms with Crippen molar-refractivity contribution in [3.8, 4) is 0 Å². The minimum absolute atomic E-state index is 0.133. The van der Waals surface area contributed by atoms with E-state index in [0.717, 1.165) is 32.4 Å². The molecule has 70 valence electrons. The Labute approximate surface area is 73.5 Å². The standard InChI is InChI=1S/C9H17NO2/c1-2-6-12-8-4-3-5-10-9(11)7-8/h8H,2-7H2,1H3,(H,10,11). The van der Waals surface area contributed by atoms with Gasteiger partial charge in [-0.25, -0.2) is 0 Å². The Morgan fingerprint density at radius 2 is 2.50 bits per heavy atom. The second kappa shape index (κ2) is 5.14. The number of hydrogen-bond acceptors (Lipinski definition) is 2. The van der Waals surface area contributed by atoms with Gasteiger partial charge in [-0.3, -0.25) is 4.79 Å². The second-order valence-corrected chi connectivity index (χ2v) is 3.19. The van der Waals surface area contributed by atoms with Crippen LogP contribution in [0.25, 0.3) is 0 Å². The van der Waals surface area contributed by atoms with Crippen LogP contribution in [0.2, 0.25) is 0 Å². The molecule has 1 atom stereocenters. The third-order valence-electron chi connectivity index (χ3n) is 2.00. The van der Waals surface area contributed by atoms with Crippen molar-refractivity contribution in [2.24, 2.45) is 0 Å². The highest BCUT2D eigenvalue weighted by atomic mass is 16.5. The molecule has 1 rings (SSSR count). The third kappa shape index (κ3) is 3.22. The molecular formula is C9H17NO2. The van der Waals surface area contributed by atoms with E-state index in [0.29, 0.717) is 6.42 Å². The first-order valence-electron chi connectivity index (χ1n) is 4.71. The van der Waals surface area contributed by atoms with Crippen LogP contribution in [0.5, 0.6) is 0 Å². The van der Waals surface area contributed by atoms with E-state index in [1.54, 1.807) is 0 Å². The van der Waals surface area contributed by atoms with Crippen molar-refractivity contribution >= 4 is 5.91 Å². The molecule has 1 saturated heterocycles. The number of carbonyl (C=O) groups excluding carboxylic acids is 1. The van der Waals surface area contributed by atoms with Gasteiger partial charge in [-0.1, -0.05) is 6.92 Å². The van der Waals surface area contributed by atoms with Crippen LogP contribution in [-0.2, 0) is 9.53 Å². The average Bonchev–Trinajstić information content (AvgIpc) is 2.26. The zero-order chi connectivity index (χ0) is 8.81. The fraction of sp³-hybridized carbons (Fsp3) is 0.889. The summed E-state index contributed by atoms with van der Waals surface area (Å²) in [6.07, 6.45) is 3.78. The largest absolute Gasteiger partial charge is 0.378 e. The van der Waals surface area contributed by atoms with Gasteiger partial charge in [-0.05, 0) is 19.3 Å². The van der Waals surface area contributed by atoms with Crippen molar-refractivity contribution in [2.45, 2.75) is 38.7 Å². The lowest BCUT2D eigenvalue weighted by Gasteiger charge is -2.12. The molecule has 1 unspecified atom stereocenters. The Bertz CT molecular complexity index is 147. The maximum absolute atomic E-state index is 11.1. The van der Waals surface area contributed by atoms with Gasteiger partial charge in [0, 0.05) is 13.2 Å². The number of carbonyl (C=O) groups is 1. The molecule has 0 aromatic heterocycles. The van der Waals surface area contributed by atoms with Crippen molar-refractivity contribution in [2.75, 3.05) is 13.2 Å². The minimum atomic E-state index is 0.133. The summed E-state index contributed by atoms with van der Waals surface area (Å²) < 4.78 is 5.52. The highest BCUT2D eigenvalue weighted by Gasteiger charge is 2.16. The smallest absolute Gasteiger partial charge is 0.222 e. The van der Waals surface area contributed by atoms with E-state index in [9.17, 15) is 4.79 Å². The summed E-state index contributed by atoms with van der Waals surface area (Å²) in [6.45, 7) is 3.67. The van der Waals surface area contributed by atoms with Crippen LogP contribution in [0.1, 0.15) is 32.6 Å². The molecule has 3 nitrogen and oxygen atoms in total. The van der Waals surface area contributed by atoms with Crippen molar-refractivity contribution in [1.29, 1.82) is 0 Å². The van der Waals surface area contributed by atoms with Crippen LogP contribution < -0.4 is 5.32 Å². The Kier molecular flexibility index (Phi) is 4.08. The molecule has 12 heavy (non-hydrogen) atoms. The van der Waals surface area contributed by atoms with Crippen LogP contribution in [0.15, 0.2) is 0 Å². The average molecular weight is 171 g/mol. The van der Waals surface area contributed by atoms with E-state index in [1.165, 1.54) is 0 Å². The first kappa shape index (κ1) is 9.52. The molecule has 0 spiro atoms. The van der Waals surface area contributed by atoms with Crippen molar-refractivity contribution in [3.63, 3.8) is 0 Å². The topological polar surface area (TPSA) is 38.3 Å².